The second-order valence-electron chi connectivity index (χ2n) is 19.3. The van der Waals surface area contributed by atoms with Crippen LogP contribution in [0.3, 0.4) is 0 Å². The molecule has 1 saturated heterocycles. The normalized spacial score (nSPS) is 37.7. The Morgan fingerprint density at radius 2 is 1.44 bits per heavy atom. The lowest BCUT2D eigenvalue weighted by Gasteiger charge is -2.69. The first kappa shape index (κ1) is 44.8. The van der Waals surface area contributed by atoms with E-state index in [9.17, 15) is 9.59 Å². The molecule has 13 atom stereocenters. The van der Waals surface area contributed by atoms with Crippen LogP contribution in [0.4, 0.5) is 0 Å². The molecule has 6 aliphatic rings. The SMILES string of the molecule is CCCCCCCCCCCCCCCC(=O)O[C@]12C[C@H](OC)[C@@H]3C[C@H]([C@@H]1[C@H]3OC(=O)c1ccc(OC)cc1)[C@@]13[C@H](OC)CC[C@@]4(COC)CN(CC)[C@@H]1[C@@H]2[C@H](OC)[C@@H]43. The summed E-state index contributed by atoms with van der Waals surface area (Å²) in [4.78, 5) is 31.4. The largest absolute Gasteiger partial charge is 0.497 e. The predicted octanol–water partition coefficient (Wildman–Crippen LogP) is 9.06. The van der Waals surface area contributed by atoms with Crippen LogP contribution < -0.4 is 4.74 Å². The van der Waals surface area contributed by atoms with Crippen LogP contribution in [0, 0.1) is 40.4 Å². The minimum atomic E-state index is -0.959. The van der Waals surface area contributed by atoms with Gasteiger partial charge in [-0.1, -0.05) is 90.9 Å². The molecule has 5 saturated carbocycles. The fourth-order valence-corrected chi connectivity index (χ4v) is 14.7. The van der Waals surface area contributed by atoms with Crippen LogP contribution in [0.25, 0.3) is 0 Å². The topological polar surface area (TPSA) is 102 Å². The van der Waals surface area contributed by atoms with Crippen LogP contribution in [-0.2, 0) is 33.2 Å². The number of rotatable bonds is 24. The van der Waals surface area contributed by atoms with Gasteiger partial charge in [0.15, 0.2) is 0 Å². The lowest BCUT2D eigenvalue weighted by molar-refractivity contribution is -0.280. The van der Waals surface area contributed by atoms with Crippen LogP contribution >= 0.6 is 0 Å². The second kappa shape index (κ2) is 19.4. The molecule has 59 heavy (non-hydrogen) atoms. The summed E-state index contributed by atoms with van der Waals surface area (Å²) in [7, 11) is 8.94. The van der Waals surface area contributed by atoms with Crippen molar-refractivity contribution in [3.63, 3.8) is 0 Å². The average molecular weight is 824 g/mol. The standard InChI is InChI=1S/C49H77NO9/c1-8-10-11-12-13-14-15-16-17-18-19-20-21-22-39(51)59-48-30-37(55-5)35-29-36(40(48)42(35)58-46(52)33-23-25-34(54-4)26-24-33)49-38(56-6)27-28-47(32-53-3)31-50(9-2)45(49)41(48)43(57-7)44(47)49/h23-26,35-38,40-45H,8-22,27-32H2,1-7H3/t35-,36+,37-,38+,40+,41-,42-,43-,44-,45+,47-,48+,49-/m0/s1. The van der Waals surface area contributed by atoms with Gasteiger partial charge >= 0.3 is 11.9 Å². The van der Waals surface area contributed by atoms with Gasteiger partial charge in [0.25, 0.3) is 0 Å². The van der Waals surface area contributed by atoms with Crippen molar-refractivity contribution in [3.05, 3.63) is 29.8 Å². The van der Waals surface area contributed by atoms with Crippen molar-refractivity contribution in [2.75, 3.05) is 55.2 Å². The van der Waals surface area contributed by atoms with E-state index in [2.05, 4.69) is 18.7 Å². The number of esters is 2. The molecule has 0 amide bonds. The van der Waals surface area contributed by atoms with Gasteiger partial charge in [0, 0.05) is 88.4 Å². The van der Waals surface area contributed by atoms with Gasteiger partial charge in [-0.2, -0.15) is 0 Å². The lowest BCUT2D eigenvalue weighted by Crippen LogP contribution is -2.77. The van der Waals surface area contributed by atoms with Crippen molar-refractivity contribution >= 4 is 11.9 Å². The zero-order valence-corrected chi connectivity index (χ0v) is 37.6. The Morgan fingerprint density at radius 3 is 2.02 bits per heavy atom. The molecule has 1 aromatic rings. The Balaban J connectivity index is 1.17. The fourth-order valence-electron chi connectivity index (χ4n) is 14.7. The van der Waals surface area contributed by atoms with Crippen molar-refractivity contribution in [1.29, 1.82) is 0 Å². The van der Waals surface area contributed by atoms with E-state index in [0.29, 0.717) is 30.8 Å². The first-order valence-electron chi connectivity index (χ1n) is 23.6. The minimum Gasteiger partial charge on any atom is -0.497 e. The molecular weight excluding hydrogens is 747 g/mol. The van der Waals surface area contributed by atoms with Crippen LogP contribution in [0.15, 0.2) is 24.3 Å². The summed E-state index contributed by atoms with van der Waals surface area (Å²) in [5, 5.41) is 0. The number of carbonyl (C=O) groups excluding carboxylic acids is 2. The number of hydrogen-bond acceptors (Lipinski definition) is 10. The number of benzene rings is 1. The summed E-state index contributed by atoms with van der Waals surface area (Å²) in [5.74, 6) is -0.113. The van der Waals surface area contributed by atoms with Crippen molar-refractivity contribution in [2.45, 2.75) is 165 Å². The summed E-state index contributed by atoms with van der Waals surface area (Å²) >= 11 is 0. The smallest absolute Gasteiger partial charge is 0.338 e. The quantitative estimate of drug-likeness (QED) is 0.0742. The third kappa shape index (κ3) is 7.80. The van der Waals surface area contributed by atoms with Gasteiger partial charge < -0.3 is 33.2 Å². The highest BCUT2D eigenvalue weighted by atomic mass is 16.6. The van der Waals surface area contributed by atoms with E-state index in [-0.39, 0.29) is 76.7 Å². The molecule has 5 aliphatic carbocycles. The first-order valence-corrected chi connectivity index (χ1v) is 23.6. The lowest BCUT2D eigenvalue weighted by atomic mass is 9.43. The zero-order chi connectivity index (χ0) is 41.8. The van der Waals surface area contributed by atoms with Crippen molar-refractivity contribution in [3.8, 4) is 5.75 Å². The van der Waals surface area contributed by atoms with Crippen LogP contribution in [0.2, 0.25) is 0 Å². The van der Waals surface area contributed by atoms with E-state index in [1.54, 1.807) is 38.5 Å². The number of carbonyl (C=O) groups is 2. The van der Waals surface area contributed by atoms with E-state index in [1.165, 1.54) is 64.2 Å². The molecule has 1 aromatic carbocycles. The summed E-state index contributed by atoms with van der Waals surface area (Å²) < 4.78 is 45.4. The first-order chi connectivity index (χ1) is 28.7. The molecule has 332 valence electrons. The van der Waals surface area contributed by atoms with Crippen LogP contribution in [0.1, 0.15) is 140 Å². The minimum absolute atomic E-state index is 0.0257. The Hall–Kier alpha value is -2.24. The molecule has 1 heterocycles. The molecule has 0 aromatic heterocycles. The van der Waals surface area contributed by atoms with Gasteiger partial charge in [0.2, 0.25) is 0 Å². The molecule has 10 heteroatoms. The molecule has 0 unspecified atom stereocenters. The fraction of sp³-hybridized carbons (Fsp3) is 0.837. The van der Waals surface area contributed by atoms with Gasteiger partial charge in [0.05, 0.1) is 37.6 Å². The zero-order valence-electron chi connectivity index (χ0n) is 37.6. The molecular formula is C49H77NO9. The van der Waals surface area contributed by atoms with Crippen molar-refractivity contribution in [2.24, 2.45) is 40.4 Å². The maximum absolute atomic E-state index is 14.5. The maximum Gasteiger partial charge on any atom is 0.338 e. The Morgan fingerprint density at radius 1 is 0.780 bits per heavy atom. The van der Waals surface area contributed by atoms with Gasteiger partial charge in [0.1, 0.15) is 17.5 Å². The van der Waals surface area contributed by atoms with Crippen molar-refractivity contribution < 1.29 is 42.7 Å². The second-order valence-corrected chi connectivity index (χ2v) is 19.3. The number of likely N-dealkylation sites (tertiary alicyclic amines) is 1. The molecule has 0 radical (unpaired) electrons. The highest BCUT2D eigenvalue weighted by Crippen LogP contribution is 2.80. The molecule has 1 spiro atoms. The van der Waals surface area contributed by atoms with Crippen LogP contribution in [0.5, 0.6) is 5.75 Å². The highest BCUT2D eigenvalue weighted by molar-refractivity contribution is 5.89. The molecule has 1 aliphatic heterocycles. The third-order valence-corrected chi connectivity index (χ3v) is 16.7. The van der Waals surface area contributed by atoms with Crippen LogP contribution in [-0.4, -0.2) is 108 Å². The predicted molar refractivity (Wildman–Crippen MR) is 227 cm³/mol. The number of ether oxygens (including phenoxy) is 7. The summed E-state index contributed by atoms with van der Waals surface area (Å²) in [6, 6.07) is 7.18. The van der Waals surface area contributed by atoms with E-state index in [0.717, 1.165) is 51.6 Å². The van der Waals surface area contributed by atoms with E-state index in [1.807, 2.05) is 21.3 Å². The van der Waals surface area contributed by atoms with Crippen molar-refractivity contribution in [1.82, 2.24) is 4.90 Å². The Bertz CT molecular complexity index is 1540. The van der Waals surface area contributed by atoms with E-state index in [4.69, 9.17) is 33.2 Å². The Kier molecular flexibility index (Phi) is 14.8. The van der Waals surface area contributed by atoms with Gasteiger partial charge in [-0.05, 0) is 62.4 Å². The maximum atomic E-state index is 14.5. The molecule has 0 N–H and O–H groups in total. The van der Waals surface area contributed by atoms with E-state index < -0.39 is 11.7 Å². The van der Waals surface area contributed by atoms with Gasteiger partial charge in [-0.3, -0.25) is 9.69 Å². The van der Waals surface area contributed by atoms with Gasteiger partial charge in [-0.25, -0.2) is 4.79 Å². The third-order valence-electron chi connectivity index (χ3n) is 16.7. The summed E-state index contributed by atoms with van der Waals surface area (Å²) in [6.45, 7) is 6.94. The molecule has 7 bridgehead atoms. The molecule has 6 fully saturated rings. The molecule has 7 rings (SSSR count). The number of piperidine rings is 1. The number of nitrogens with zero attached hydrogens (tertiary/aromatic N) is 1. The number of fused-ring (bicyclic) bond motifs is 2. The number of methoxy groups -OCH3 is 5. The molecule has 10 nitrogen and oxygen atoms in total. The highest BCUT2D eigenvalue weighted by Gasteiger charge is 2.88. The monoisotopic (exact) mass is 824 g/mol. The van der Waals surface area contributed by atoms with Gasteiger partial charge in [-0.15, -0.1) is 0 Å². The summed E-state index contributed by atoms with van der Waals surface area (Å²) in [6.07, 6.45) is 18.9. The Labute approximate surface area is 355 Å². The van der Waals surface area contributed by atoms with E-state index >= 15 is 0 Å². The average Bonchev–Trinajstić information content (AvgIpc) is 3.67. The number of unbranched alkanes of at least 4 members (excludes halogenated alkanes) is 12. The summed E-state index contributed by atoms with van der Waals surface area (Å²) in [5.41, 5.74) is -0.958. The number of hydrogen-bond donors (Lipinski definition) is 0.